The summed E-state index contributed by atoms with van der Waals surface area (Å²) >= 11 is 0. The van der Waals surface area contributed by atoms with Crippen LogP contribution < -0.4 is 10.6 Å². The molecule has 0 saturated carbocycles. The molecule has 3 N–H and O–H groups in total. The standard InChI is InChI=1S/C25H30N2O5/c1-4-9-16(14-22(28)29)26-23(30)25(2,3)27-24(31)32-15-21-19-12-7-5-10-17(19)18-11-6-8-13-20(18)21/h5-8,10-13,16,21H,4,9,14-15H2,1-3H3,(H,26,30)(H,27,31)(H,28,29)/t16-/m0/s1. The van der Waals surface area contributed by atoms with Gasteiger partial charge in [-0.1, -0.05) is 61.9 Å². The molecule has 0 aromatic heterocycles. The van der Waals surface area contributed by atoms with E-state index in [1.54, 1.807) is 13.8 Å². The van der Waals surface area contributed by atoms with Crippen LogP contribution in [0.4, 0.5) is 4.79 Å². The molecule has 0 radical (unpaired) electrons. The summed E-state index contributed by atoms with van der Waals surface area (Å²) in [7, 11) is 0. The molecule has 7 heteroatoms. The molecular weight excluding hydrogens is 408 g/mol. The van der Waals surface area contributed by atoms with Crippen molar-refractivity contribution >= 4 is 18.0 Å². The molecule has 1 aliphatic rings. The zero-order chi connectivity index (χ0) is 23.3. The highest BCUT2D eigenvalue weighted by Gasteiger charge is 2.33. The number of carboxylic acid groups (broad SMARTS) is 1. The zero-order valence-corrected chi connectivity index (χ0v) is 18.7. The van der Waals surface area contributed by atoms with Crippen molar-refractivity contribution in [3.63, 3.8) is 0 Å². The van der Waals surface area contributed by atoms with Gasteiger partial charge < -0.3 is 20.5 Å². The summed E-state index contributed by atoms with van der Waals surface area (Å²) in [5.41, 5.74) is 3.23. The van der Waals surface area contributed by atoms with Crippen LogP contribution in [0, 0.1) is 0 Å². The first-order valence-electron chi connectivity index (χ1n) is 10.9. The topological polar surface area (TPSA) is 105 Å². The average molecular weight is 439 g/mol. The zero-order valence-electron chi connectivity index (χ0n) is 18.7. The van der Waals surface area contributed by atoms with Crippen LogP contribution >= 0.6 is 0 Å². The van der Waals surface area contributed by atoms with E-state index in [0.717, 1.165) is 28.7 Å². The summed E-state index contributed by atoms with van der Waals surface area (Å²) in [6.45, 7) is 5.19. The second kappa shape index (κ2) is 9.85. The van der Waals surface area contributed by atoms with E-state index in [1.165, 1.54) is 0 Å². The number of carbonyl (C=O) groups excluding carboxylic acids is 2. The predicted octanol–water partition coefficient (Wildman–Crippen LogP) is 4.06. The van der Waals surface area contributed by atoms with Gasteiger partial charge in [-0.3, -0.25) is 9.59 Å². The number of hydrogen-bond donors (Lipinski definition) is 3. The minimum atomic E-state index is -1.26. The van der Waals surface area contributed by atoms with Gasteiger partial charge >= 0.3 is 12.1 Å². The van der Waals surface area contributed by atoms with E-state index in [0.29, 0.717) is 6.42 Å². The molecule has 0 saturated heterocycles. The van der Waals surface area contributed by atoms with Crippen LogP contribution in [-0.4, -0.2) is 41.3 Å². The number of fused-ring (bicyclic) bond motifs is 3. The predicted molar refractivity (Wildman–Crippen MR) is 121 cm³/mol. The molecule has 0 unspecified atom stereocenters. The summed E-state index contributed by atoms with van der Waals surface area (Å²) in [6.07, 6.45) is 0.412. The van der Waals surface area contributed by atoms with Crippen LogP contribution in [0.2, 0.25) is 0 Å². The highest BCUT2D eigenvalue weighted by atomic mass is 16.5. The van der Waals surface area contributed by atoms with Crippen molar-refractivity contribution in [2.75, 3.05) is 6.61 Å². The largest absolute Gasteiger partial charge is 0.481 e. The summed E-state index contributed by atoms with van der Waals surface area (Å²) < 4.78 is 5.52. The lowest BCUT2D eigenvalue weighted by Gasteiger charge is -2.28. The molecule has 0 heterocycles. The first-order valence-corrected chi connectivity index (χ1v) is 10.9. The summed E-state index contributed by atoms with van der Waals surface area (Å²) in [5.74, 6) is -1.51. The van der Waals surface area contributed by atoms with E-state index in [2.05, 4.69) is 22.8 Å². The van der Waals surface area contributed by atoms with Gasteiger partial charge in [0.15, 0.2) is 0 Å². The van der Waals surface area contributed by atoms with Gasteiger partial charge in [0, 0.05) is 12.0 Å². The van der Waals surface area contributed by atoms with Crippen molar-refractivity contribution in [1.82, 2.24) is 10.6 Å². The van der Waals surface area contributed by atoms with Crippen LogP contribution in [0.3, 0.4) is 0 Å². The van der Waals surface area contributed by atoms with Gasteiger partial charge in [0.25, 0.3) is 0 Å². The molecule has 2 aromatic rings. The Balaban J connectivity index is 1.62. The summed E-state index contributed by atoms with van der Waals surface area (Å²) in [4.78, 5) is 36.2. The summed E-state index contributed by atoms with van der Waals surface area (Å²) in [6, 6.07) is 15.6. The van der Waals surface area contributed by atoms with E-state index in [4.69, 9.17) is 9.84 Å². The van der Waals surface area contributed by atoms with Crippen molar-refractivity contribution < 1.29 is 24.2 Å². The smallest absolute Gasteiger partial charge is 0.408 e. The second-order valence-corrected chi connectivity index (χ2v) is 8.63. The average Bonchev–Trinajstić information content (AvgIpc) is 3.05. The Labute approximate surface area is 188 Å². The molecule has 0 spiro atoms. The van der Waals surface area contributed by atoms with Gasteiger partial charge in [-0.25, -0.2) is 4.79 Å². The number of amides is 2. The molecule has 32 heavy (non-hydrogen) atoms. The third-order valence-corrected chi connectivity index (χ3v) is 5.72. The molecule has 7 nitrogen and oxygen atoms in total. The lowest BCUT2D eigenvalue weighted by molar-refractivity contribution is -0.138. The Morgan fingerprint density at radius 3 is 2.12 bits per heavy atom. The number of ether oxygens (including phenoxy) is 1. The number of hydrogen-bond acceptors (Lipinski definition) is 4. The third kappa shape index (κ3) is 5.28. The molecule has 170 valence electrons. The number of alkyl carbamates (subject to hydrolysis) is 1. The number of nitrogens with one attached hydrogen (secondary N) is 2. The van der Waals surface area contributed by atoms with Crippen molar-refractivity contribution in [2.24, 2.45) is 0 Å². The SMILES string of the molecule is CCC[C@@H](CC(=O)O)NC(=O)C(C)(C)NC(=O)OCC1c2ccccc2-c2ccccc21. The molecule has 0 fully saturated rings. The number of carboxylic acids is 1. The van der Waals surface area contributed by atoms with Crippen molar-refractivity contribution in [1.29, 1.82) is 0 Å². The van der Waals surface area contributed by atoms with Gasteiger partial charge in [0.2, 0.25) is 5.91 Å². The van der Waals surface area contributed by atoms with E-state index >= 15 is 0 Å². The van der Waals surface area contributed by atoms with Crippen LogP contribution in [0.5, 0.6) is 0 Å². The minimum absolute atomic E-state index is 0.0745. The normalized spacial score (nSPS) is 13.6. The Bertz CT molecular complexity index is 956. The van der Waals surface area contributed by atoms with E-state index in [-0.39, 0.29) is 18.9 Å². The van der Waals surface area contributed by atoms with E-state index < -0.39 is 29.6 Å². The van der Waals surface area contributed by atoms with Gasteiger partial charge in [-0.05, 0) is 42.5 Å². The highest BCUT2D eigenvalue weighted by Crippen LogP contribution is 2.44. The Hall–Kier alpha value is -3.35. The van der Waals surface area contributed by atoms with E-state index in [9.17, 15) is 14.4 Å². The fraction of sp³-hybridized carbons (Fsp3) is 0.400. The first-order chi connectivity index (χ1) is 15.2. The first kappa shape index (κ1) is 23.3. The highest BCUT2D eigenvalue weighted by molar-refractivity contribution is 5.89. The van der Waals surface area contributed by atoms with Crippen LogP contribution in [0.1, 0.15) is 57.1 Å². The van der Waals surface area contributed by atoms with Crippen LogP contribution in [0.25, 0.3) is 11.1 Å². The molecule has 2 aromatic carbocycles. The maximum absolute atomic E-state index is 12.7. The molecule has 1 atom stereocenters. The fourth-order valence-electron chi connectivity index (χ4n) is 4.10. The molecular formula is C25H30N2O5. The van der Waals surface area contributed by atoms with E-state index in [1.807, 2.05) is 43.3 Å². The summed E-state index contributed by atoms with van der Waals surface area (Å²) in [5, 5.41) is 14.4. The second-order valence-electron chi connectivity index (χ2n) is 8.63. The van der Waals surface area contributed by atoms with Crippen LogP contribution in [-0.2, 0) is 14.3 Å². The Morgan fingerprint density at radius 1 is 1.03 bits per heavy atom. The Kier molecular flexibility index (Phi) is 7.18. The minimum Gasteiger partial charge on any atom is -0.481 e. The molecule has 2 amide bonds. The Morgan fingerprint density at radius 2 is 1.59 bits per heavy atom. The quantitative estimate of drug-likeness (QED) is 0.548. The fourth-order valence-corrected chi connectivity index (χ4v) is 4.10. The number of benzene rings is 2. The maximum Gasteiger partial charge on any atom is 0.408 e. The third-order valence-electron chi connectivity index (χ3n) is 5.72. The molecule has 0 aliphatic heterocycles. The molecule has 1 aliphatic carbocycles. The van der Waals surface area contributed by atoms with Crippen molar-refractivity contribution in [3.8, 4) is 11.1 Å². The number of carbonyl (C=O) groups is 3. The molecule has 0 bridgehead atoms. The monoisotopic (exact) mass is 438 g/mol. The van der Waals surface area contributed by atoms with Crippen molar-refractivity contribution in [3.05, 3.63) is 59.7 Å². The molecule has 3 rings (SSSR count). The number of aliphatic carboxylic acids is 1. The lowest BCUT2D eigenvalue weighted by atomic mass is 9.98. The van der Waals surface area contributed by atoms with Crippen molar-refractivity contribution in [2.45, 2.75) is 57.5 Å². The van der Waals surface area contributed by atoms with Gasteiger partial charge in [-0.15, -0.1) is 0 Å². The number of rotatable bonds is 9. The van der Waals surface area contributed by atoms with Gasteiger partial charge in [-0.2, -0.15) is 0 Å². The van der Waals surface area contributed by atoms with Crippen LogP contribution in [0.15, 0.2) is 48.5 Å². The lowest BCUT2D eigenvalue weighted by Crippen LogP contribution is -2.57. The maximum atomic E-state index is 12.7. The van der Waals surface area contributed by atoms with Gasteiger partial charge in [0.05, 0.1) is 6.42 Å². The van der Waals surface area contributed by atoms with Gasteiger partial charge in [0.1, 0.15) is 12.1 Å².